The van der Waals surface area contributed by atoms with Crippen LogP contribution in [-0.4, -0.2) is 23.9 Å². The fraction of sp³-hybridized carbons (Fsp3) is 0.714. The molecular formula is C14H22N2OS. The average Bonchev–Trinajstić information content (AvgIpc) is 2.78. The van der Waals surface area contributed by atoms with E-state index in [9.17, 15) is 4.79 Å². The number of carbonyl (C=O) groups is 1. The summed E-state index contributed by atoms with van der Waals surface area (Å²) in [4.78, 5) is 16.8. The van der Waals surface area contributed by atoms with Crippen molar-refractivity contribution in [3.63, 3.8) is 0 Å². The topological polar surface area (TPSA) is 42.0 Å². The van der Waals surface area contributed by atoms with E-state index in [-0.39, 0.29) is 11.3 Å². The summed E-state index contributed by atoms with van der Waals surface area (Å²) in [6.07, 6.45) is 2.48. The Labute approximate surface area is 113 Å². The number of nitrogens with one attached hydrogen (secondary N) is 1. The first-order valence-electron chi connectivity index (χ1n) is 6.65. The van der Waals surface area contributed by atoms with Crippen molar-refractivity contribution in [2.75, 3.05) is 13.1 Å². The molecule has 0 radical (unpaired) electrons. The first-order valence-corrected chi connectivity index (χ1v) is 7.53. The van der Waals surface area contributed by atoms with Gasteiger partial charge in [0.15, 0.2) is 0 Å². The zero-order valence-electron chi connectivity index (χ0n) is 11.5. The van der Waals surface area contributed by atoms with E-state index < -0.39 is 0 Å². The molecule has 0 aromatic carbocycles. The van der Waals surface area contributed by atoms with Gasteiger partial charge in [0.2, 0.25) is 0 Å². The van der Waals surface area contributed by atoms with Gasteiger partial charge < -0.3 is 5.32 Å². The lowest BCUT2D eigenvalue weighted by Crippen LogP contribution is -2.32. The van der Waals surface area contributed by atoms with E-state index in [2.05, 4.69) is 36.5 Å². The highest BCUT2D eigenvalue weighted by Gasteiger charge is 2.23. The molecule has 1 N–H and O–H groups in total. The van der Waals surface area contributed by atoms with Gasteiger partial charge in [-0.3, -0.25) is 4.79 Å². The van der Waals surface area contributed by atoms with Gasteiger partial charge in [0.05, 0.1) is 12.1 Å². The normalized spacial score (nSPS) is 17.9. The van der Waals surface area contributed by atoms with Crippen LogP contribution in [0.5, 0.6) is 0 Å². The molecule has 4 heteroatoms. The van der Waals surface area contributed by atoms with Crippen LogP contribution in [0.15, 0.2) is 5.38 Å². The molecule has 2 rings (SSSR count). The van der Waals surface area contributed by atoms with Crippen LogP contribution in [-0.2, 0) is 16.6 Å². The summed E-state index contributed by atoms with van der Waals surface area (Å²) >= 11 is 1.62. The summed E-state index contributed by atoms with van der Waals surface area (Å²) in [5.41, 5.74) is 1.17. The molecule has 0 saturated carbocycles. The van der Waals surface area contributed by atoms with Crippen molar-refractivity contribution >= 4 is 17.1 Å². The van der Waals surface area contributed by atoms with Gasteiger partial charge in [0, 0.05) is 16.7 Å². The molecule has 1 fully saturated rings. The van der Waals surface area contributed by atoms with E-state index in [1.165, 1.54) is 0 Å². The number of nitrogens with zero attached hydrogens (tertiary/aromatic N) is 1. The molecule has 2 heterocycles. The molecule has 0 amide bonds. The second-order valence-corrected chi connectivity index (χ2v) is 6.99. The summed E-state index contributed by atoms with van der Waals surface area (Å²) in [5, 5.41) is 6.36. The molecule has 0 aliphatic carbocycles. The van der Waals surface area contributed by atoms with Gasteiger partial charge in [0.1, 0.15) is 10.8 Å². The molecule has 0 unspecified atom stereocenters. The Hall–Kier alpha value is -0.740. The number of thiazole rings is 1. The van der Waals surface area contributed by atoms with Gasteiger partial charge in [-0.05, 0) is 25.9 Å². The monoisotopic (exact) mass is 266 g/mol. The maximum atomic E-state index is 12.2. The number of Topliss-reactive ketones (excluding diaryl/α,β-unsaturated/α-hetero) is 1. The van der Waals surface area contributed by atoms with E-state index >= 15 is 0 Å². The SMILES string of the molecule is CC(C)(C)c1csc(CC(=O)C2CCNCC2)n1. The summed E-state index contributed by atoms with van der Waals surface area (Å²) in [7, 11) is 0. The second kappa shape index (κ2) is 5.49. The van der Waals surface area contributed by atoms with Crippen molar-refractivity contribution in [1.29, 1.82) is 0 Å². The molecule has 0 bridgehead atoms. The Morgan fingerprint density at radius 3 is 2.67 bits per heavy atom. The van der Waals surface area contributed by atoms with Crippen molar-refractivity contribution in [2.45, 2.75) is 45.4 Å². The molecule has 0 atom stereocenters. The van der Waals surface area contributed by atoms with Gasteiger partial charge in [-0.2, -0.15) is 0 Å². The van der Waals surface area contributed by atoms with Crippen molar-refractivity contribution in [3.05, 3.63) is 16.1 Å². The van der Waals surface area contributed by atoms with E-state index in [0.29, 0.717) is 12.2 Å². The van der Waals surface area contributed by atoms with Crippen LogP contribution in [0.4, 0.5) is 0 Å². The van der Waals surface area contributed by atoms with Gasteiger partial charge in [-0.1, -0.05) is 20.8 Å². The molecule has 1 aromatic rings. The average molecular weight is 266 g/mol. The maximum Gasteiger partial charge on any atom is 0.142 e. The van der Waals surface area contributed by atoms with Crippen LogP contribution in [0.25, 0.3) is 0 Å². The van der Waals surface area contributed by atoms with E-state index in [1.54, 1.807) is 11.3 Å². The minimum absolute atomic E-state index is 0.0759. The van der Waals surface area contributed by atoms with Gasteiger partial charge in [0.25, 0.3) is 0 Å². The minimum atomic E-state index is 0.0759. The van der Waals surface area contributed by atoms with Crippen LogP contribution >= 0.6 is 11.3 Å². The number of piperidine rings is 1. The third-order valence-electron chi connectivity index (χ3n) is 3.44. The van der Waals surface area contributed by atoms with Crippen molar-refractivity contribution < 1.29 is 4.79 Å². The highest BCUT2D eigenvalue weighted by atomic mass is 32.1. The standard InChI is InChI=1S/C14H22N2OS/c1-14(2,3)12-9-18-13(16-12)8-11(17)10-4-6-15-7-5-10/h9-10,15H,4-8H2,1-3H3. The summed E-state index contributed by atoms with van der Waals surface area (Å²) in [6, 6.07) is 0. The van der Waals surface area contributed by atoms with Crippen molar-refractivity contribution in [3.8, 4) is 0 Å². The summed E-state index contributed by atoms with van der Waals surface area (Å²) in [5.74, 6) is 0.611. The van der Waals surface area contributed by atoms with Gasteiger partial charge in [-0.25, -0.2) is 4.98 Å². The third kappa shape index (κ3) is 3.39. The molecule has 1 saturated heterocycles. The van der Waals surface area contributed by atoms with Gasteiger partial charge in [-0.15, -0.1) is 11.3 Å². The third-order valence-corrected chi connectivity index (χ3v) is 4.29. The highest BCUT2D eigenvalue weighted by Crippen LogP contribution is 2.25. The molecule has 18 heavy (non-hydrogen) atoms. The molecule has 100 valence electrons. The predicted octanol–water partition coefficient (Wildman–Crippen LogP) is 2.55. The van der Waals surface area contributed by atoms with E-state index in [1.807, 2.05) is 0 Å². The first-order chi connectivity index (χ1) is 8.47. The zero-order valence-corrected chi connectivity index (χ0v) is 12.3. The number of hydrogen-bond donors (Lipinski definition) is 1. The maximum absolute atomic E-state index is 12.2. The van der Waals surface area contributed by atoms with Crippen molar-refractivity contribution in [1.82, 2.24) is 10.3 Å². The predicted molar refractivity (Wildman–Crippen MR) is 75.1 cm³/mol. The first kappa shape index (κ1) is 13.7. The van der Waals surface area contributed by atoms with Crippen LogP contribution in [0, 0.1) is 5.92 Å². The number of aromatic nitrogens is 1. The highest BCUT2D eigenvalue weighted by molar-refractivity contribution is 7.09. The van der Waals surface area contributed by atoms with E-state index in [0.717, 1.165) is 36.6 Å². The molecule has 1 aromatic heterocycles. The molecule has 1 aliphatic heterocycles. The largest absolute Gasteiger partial charge is 0.317 e. The second-order valence-electron chi connectivity index (χ2n) is 6.04. The Bertz CT molecular complexity index is 414. The van der Waals surface area contributed by atoms with Crippen LogP contribution < -0.4 is 5.32 Å². The zero-order chi connectivity index (χ0) is 13.2. The lowest BCUT2D eigenvalue weighted by atomic mass is 9.92. The minimum Gasteiger partial charge on any atom is -0.317 e. The van der Waals surface area contributed by atoms with Crippen LogP contribution in [0.2, 0.25) is 0 Å². The number of carbonyl (C=O) groups excluding carboxylic acids is 1. The van der Waals surface area contributed by atoms with Crippen LogP contribution in [0.3, 0.4) is 0 Å². The summed E-state index contributed by atoms with van der Waals surface area (Å²) in [6.45, 7) is 8.41. The quantitative estimate of drug-likeness (QED) is 0.914. The Morgan fingerprint density at radius 1 is 1.44 bits per heavy atom. The lowest BCUT2D eigenvalue weighted by Gasteiger charge is -2.20. The summed E-state index contributed by atoms with van der Waals surface area (Å²) < 4.78 is 0. The molecular weight excluding hydrogens is 244 g/mol. The number of hydrogen-bond acceptors (Lipinski definition) is 4. The Kier molecular flexibility index (Phi) is 4.17. The lowest BCUT2D eigenvalue weighted by molar-refractivity contribution is -0.122. The molecule has 0 spiro atoms. The number of ketones is 1. The van der Waals surface area contributed by atoms with Crippen molar-refractivity contribution in [2.24, 2.45) is 5.92 Å². The fourth-order valence-electron chi connectivity index (χ4n) is 2.17. The van der Waals surface area contributed by atoms with Crippen LogP contribution in [0.1, 0.15) is 44.3 Å². The Morgan fingerprint density at radius 2 is 2.11 bits per heavy atom. The molecule has 3 nitrogen and oxygen atoms in total. The fourth-order valence-corrected chi connectivity index (χ4v) is 3.20. The Balaban J connectivity index is 1.96. The smallest absolute Gasteiger partial charge is 0.142 e. The number of rotatable bonds is 3. The molecule has 1 aliphatic rings. The van der Waals surface area contributed by atoms with E-state index in [4.69, 9.17) is 0 Å². The van der Waals surface area contributed by atoms with Gasteiger partial charge >= 0.3 is 0 Å².